The third kappa shape index (κ3) is 6.00. The van der Waals surface area contributed by atoms with Gasteiger partial charge in [-0.25, -0.2) is 0 Å². The molecular formula is C22H37N5O2. The molecule has 1 unspecified atom stereocenters. The average Bonchev–Trinajstić information content (AvgIpc) is 3.22. The van der Waals surface area contributed by atoms with Gasteiger partial charge in [0.15, 0.2) is 5.96 Å². The number of hydrogen-bond donors (Lipinski definition) is 1. The third-order valence-corrected chi connectivity index (χ3v) is 5.89. The molecule has 0 spiro atoms. The van der Waals surface area contributed by atoms with Gasteiger partial charge in [0.25, 0.3) is 0 Å². The summed E-state index contributed by atoms with van der Waals surface area (Å²) >= 11 is 0. The van der Waals surface area contributed by atoms with E-state index in [-0.39, 0.29) is 0 Å². The van der Waals surface area contributed by atoms with Crippen LogP contribution in [0.3, 0.4) is 0 Å². The second kappa shape index (κ2) is 11.3. The number of piperazine rings is 1. The van der Waals surface area contributed by atoms with Gasteiger partial charge in [-0.3, -0.25) is 9.89 Å². The summed E-state index contributed by atoms with van der Waals surface area (Å²) in [6.07, 6.45) is 2.50. The zero-order valence-corrected chi connectivity index (χ0v) is 18.3. The molecule has 2 aliphatic heterocycles. The van der Waals surface area contributed by atoms with Gasteiger partial charge < -0.3 is 24.6 Å². The molecule has 7 nitrogen and oxygen atoms in total. The van der Waals surface area contributed by atoms with E-state index >= 15 is 0 Å². The van der Waals surface area contributed by atoms with Gasteiger partial charge in [-0.15, -0.1) is 0 Å². The number of guanidine groups is 1. The second-order valence-corrected chi connectivity index (χ2v) is 7.69. The SMILES string of the molecule is CCNC(=NCC1CCCN1CCOC)N1CCN(c2ccc(OC)cc2)CC1. The molecule has 2 saturated heterocycles. The first-order valence-corrected chi connectivity index (χ1v) is 10.9. The van der Waals surface area contributed by atoms with Crippen molar-refractivity contribution < 1.29 is 9.47 Å². The lowest BCUT2D eigenvalue weighted by Crippen LogP contribution is -2.52. The van der Waals surface area contributed by atoms with Gasteiger partial charge >= 0.3 is 0 Å². The molecule has 7 heteroatoms. The van der Waals surface area contributed by atoms with E-state index in [0.717, 1.165) is 64.1 Å². The molecule has 0 radical (unpaired) electrons. The molecule has 0 aliphatic carbocycles. The van der Waals surface area contributed by atoms with Crippen LogP contribution in [0.1, 0.15) is 19.8 Å². The van der Waals surface area contributed by atoms with Crippen LogP contribution in [0, 0.1) is 0 Å². The summed E-state index contributed by atoms with van der Waals surface area (Å²) in [4.78, 5) is 12.4. The zero-order valence-electron chi connectivity index (χ0n) is 18.3. The van der Waals surface area contributed by atoms with Crippen LogP contribution in [-0.2, 0) is 4.74 Å². The van der Waals surface area contributed by atoms with Gasteiger partial charge in [-0.05, 0) is 50.6 Å². The largest absolute Gasteiger partial charge is 0.497 e. The Hall–Kier alpha value is -1.99. The monoisotopic (exact) mass is 403 g/mol. The molecule has 1 aromatic rings. The minimum atomic E-state index is 0.541. The summed E-state index contributed by atoms with van der Waals surface area (Å²) in [5.74, 6) is 1.96. The Balaban J connectivity index is 1.54. The van der Waals surface area contributed by atoms with Crippen molar-refractivity contribution in [2.24, 2.45) is 4.99 Å². The highest BCUT2D eigenvalue weighted by Crippen LogP contribution is 2.21. The number of rotatable bonds is 8. The van der Waals surface area contributed by atoms with Crippen molar-refractivity contribution in [2.45, 2.75) is 25.8 Å². The highest BCUT2D eigenvalue weighted by Gasteiger charge is 2.25. The van der Waals surface area contributed by atoms with Gasteiger partial charge in [0.2, 0.25) is 0 Å². The van der Waals surface area contributed by atoms with E-state index in [4.69, 9.17) is 14.5 Å². The van der Waals surface area contributed by atoms with Crippen LogP contribution in [0.15, 0.2) is 29.3 Å². The summed E-state index contributed by atoms with van der Waals surface area (Å²) in [6, 6.07) is 8.89. The maximum atomic E-state index is 5.27. The van der Waals surface area contributed by atoms with Crippen molar-refractivity contribution in [1.29, 1.82) is 0 Å². The molecule has 1 atom stereocenters. The minimum absolute atomic E-state index is 0.541. The number of anilines is 1. The van der Waals surface area contributed by atoms with E-state index in [1.807, 2.05) is 12.1 Å². The first kappa shape index (κ1) is 21.7. The number of nitrogens with zero attached hydrogens (tertiary/aromatic N) is 4. The van der Waals surface area contributed by atoms with Crippen molar-refractivity contribution in [1.82, 2.24) is 15.1 Å². The maximum absolute atomic E-state index is 5.27. The van der Waals surface area contributed by atoms with E-state index in [1.165, 1.54) is 25.1 Å². The number of ether oxygens (including phenoxy) is 2. The lowest BCUT2D eigenvalue weighted by Gasteiger charge is -2.38. The number of benzene rings is 1. The molecular weight excluding hydrogens is 366 g/mol. The summed E-state index contributed by atoms with van der Waals surface area (Å²) < 4.78 is 10.5. The van der Waals surface area contributed by atoms with Crippen LogP contribution < -0.4 is 15.0 Å². The van der Waals surface area contributed by atoms with E-state index in [1.54, 1.807) is 14.2 Å². The molecule has 0 bridgehead atoms. The predicted molar refractivity (Wildman–Crippen MR) is 119 cm³/mol. The predicted octanol–water partition coefficient (Wildman–Crippen LogP) is 1.89. The first-order chi connectivity index (χ1) is 14.2. The molecule has 1 aromatic carbocycles. The number of methoxy groups -OCH3 is 2. The normalized spacial score (nSPS) is 20.9. The molecule has 2 aliphatic rings. The lowest BCUT2D eigenvalue weighted by molar-refractivity contribution is 0.142. The number of hydrogen-bond acceptors (Lipinski definition) is 5. The Morgan fingerprint density at radius 1 is 1.10 bits per heavy atom. The third-order valence-electron chi connectivity index (χ3n) is 5.89. The fourth-order valence-electron chi connectivity index (χ4n) is 4.19. The van der Waals surface area contributed by atoms with Gasteiger partial charge in [0.05, 0.1) is 20.3 Å². The molecule has 0 aromatic heterocycles. The van der Waals surface area contributed by atoms with Gasteiger partial charge in [0.1, 0.15) is 5.75 Å². The lowest BCUT2D eigenvalue weighted by atomic mass is 10.2. The average molecular weight is 404 g/mol. The van der Waals surface area contributed by atoms with Crippen molar-refractivity contribution in [3.05, 3.63) is 24.3 Å². The molecule has 0 amide bonds. The quantitative estimate of drug-likeness (QED) is 0.529. The van der Waals surface area contributed by atoms with Crippen molar-refractivity contribution >= 4 is 11.6 Å². The highest BCUT2D eigenvalue weighted by molar-refractivity contribution is 5.80. The molecule has 29 heavy (non-hydrogen) atoms. The van der Waals surface area contributed by atoms with Crippen LogP contribution in [0.2, 0.25) is 0 Å². The Morgan fingerprint density at radius 3 is 2.52 bits per heavy atom. The Bertz CT molecular complexity index is 629. The Morgan fingerprint density at radius 2 is 1.86 bits per heavy atom. The standard InChI is InChI=1S/C22H37N5O2/c1-4-23-22(24-18-20-6-5-11-25(20)16-17-28-2)27-14-12-26(13-15-27)19-7-9-21(29-3)10-8-19/h7-10,20H,4-6,11-18H2,1-3H3,(H,23,24). The first-order valence-electron chi connectivity index (χ1n) is 10.9. The fraction of sp³-hybridized carbons (Fsp3) is 0.682. The summed E-state index contributed by atoms with van der Waals surface area (Å²) in [5.41, 5.74) is 1.26. The van der Waals surface area contributed by atoms with Crippen LogP contribution in [0.5, 0.6) is 5.75 Å². The van der Waals surface area contributed by atoms with Crippen LogP contribution in [0.25, 0.3) is 0 Å². The van der Waals surface area contributed by atoms with E-state index < -0.39 is 0 Å². The summed E-state index contributed by atoms with van der Waals surface area (Å²) in [7, 11) is 3.48. The van der Waals surface area contributed by atoms with Crippen molar-refractivity contribution in [2.75, 3.05) is 78.1 Å². The molecule has 1 N–H and O–H groups in total. The van der Waals surface area contributed by atoms with E-state index in [9.17, 15) is 0 Å². The van der Waals surface area contributed by atoms with Crippen molar-refractivity contribution in [3.8, 4) is 5.75 Å². The topological polar surface area (TPSA) is 52.6 Å². The molecule has 0 saturated carbocycles. The van der Waals surface area contributed by atoms with Crippen LogP contribution >= 0.6 is 0 Å². The summed E-state index contributed by atoms with van der Waals surface area (Å²) in [5, 5.41) is 3.50. The summed E-state index contributed by atoms with van der Waals surface area (Å²) in [6.45, 7) is 10.8. The van der Waals surface area contributed by atoms with Gasteiger partial charge in [-0.2, -0.15) is 0 Å². The smallest absolute Gasteiger partial charge is 0.194 e. The highest BCUT2D eigenvalue weighted by atomic mass is 16.5. The molecule has 2 fully saturated rings. The van der Waals surface area contributed by atoms with Crippen LogP contribution in [0.4, 0.5) is 5.69 Å². The minimum Gasteiger partial charge on any atom is -0.497 e. The zero-order chi connectivity index (χ0) is 20.5. The van der Waals surface area contributed by atoms with E-state index in [2.05, 4.69) is 39.1 Å². The molecule has 3 rings (SSSR count). The van der Waals surface area contributed by atoms with Gasteiger partial charge in [0, 0.05) is 58.1 Å². The van der Waals surface area contributed by atoms with Gasteiger partial charge in [-0.1, -0.05) is 0 Å². The number of likely N-dealkylation sites (tertiary alicyclic amines) is 1. The Labute approximate surface area is 175 Å². The molecule has 2 heterocycles. The maximum Gasteiger partial charge on any atom is 0.194 e. The molecule has 162 valence electrons. The Kier molecular flexibility index (Phi) is 8.43. The fourth-order valence-corrected chi connectivity index (χ4v) is 4.19. The van der Waals surface area contributed by atoms with Crippen LogP contribution in [-0.4, -0.2) is 95.0 Å². The number of nitrogens with one attached hydrogen (secondary N) is 1. The van der Waals surface area contributed by atoms with Crippen molar-refractivity contribution in [3.63, 3.8) is 0 Å². The van der Waals surface area contributed by atoms with E-state index in [0.29, 0.717) is 6.04 Å². The number of aliphatic imine (C=N–C) groups is 1. The second-order valence-electron chi connectivity index (χ2n) is 7.69.